The molecule has 0 atom stereocenters. The molecule has 0 fully saturated rings. The molecule has 1 aliphatic rings. The fourth-order valence-electron chi connectivity index (χ4n) is 7.66. The third-order valence-corrected chi connectivity index (χ3v) is 11.8. The summed E-state index contributed by atoms with van der Waals surface area (Å²) >= 11 is -0.826. The topological polar surface area (TPSA) is 0 Å². The van der Waals surface area contributed by atoms with Crippen molar-refractivity contribution in [2.45, 2.75) is 66.2 Å². The molecule has 56 heavy (non-hydrogen) atoms. The first-order valence-corrected chi connectivity index (χ1v) is 27.1. The molecule has 2 radical (unpaired) electrons. The number of fused-ring (bicyclic) bond motifs is 5. The average molecular weight is 864 g/mol. The molecule has 0 saturated carbocycles. The van der Waals surface area contributed by atoms with Crippen LogP contribution in [0.3, 0.4) is 0 Å². The standard InChI is InChI=1S/2C20H21.C12H7Si.2ClH.Zr/c2*1-3-4-8-16-13-18-12-11-15(2)20(19(18)14-16)17-9-6-5-7-10-17;1-3-7-11-9(5-1)10-6-2-4-8-12(10)13-11;;;/h2*5-7,9-14H,3-4,8H2,1-2H3;1-7H;2*1H;/q3*-1;;;+2/p-2. The van der Waals surface area contributed by atoms with Gasteiger partial charge in [0, 0.05) is 0 Å². The molecule has 9 rings (SSSR count). The molecule has 8 aromatic carbocycles. The van der Waals surface area contributed by atoms with Crippen molar-refractivity contribution < 1.29 is 20.8 Å². The van der Waals surface area contributed by atoms with E-state index in [9.17, 15) is 0 Å². The Morgan fingerprint density at radius 2 is 1.04 bits per heavy atom. The number of hydrogen-bond acceptors (Lipinski definition) is 0. The van der Waals surface area contributed by atoms with Crippen LogP contribution in [-0.4, -0.2) is 9.52 Å². The summed E-state index contributed by atoms with van der Waals surface area (Å²) in [5.41, 5.74) is 13.9. The van der Waals surface area contributed by atoms with E-state index in [4.69, 9.17) is 17.0 Å². The van der Waals surface area contributed by atoms with Crippen molar-refractivity contribution in [1.82, 2.24) is 0 Å². The number of aryl methyl sites for hydroxylation is 4. The van der Waals surface area contributed by atoms with E-state index in [1.54, 1.807) is 0 Å². The zero-order valence-electron chi connectivity index (χ0n) is 32.9. The molecule has 0 saturated heterocycles. The van der Waals surface area contributed by atoms with E-state index >= 15 is 0 Å². The van der Waals surface area contributed by atoms with Gasteiger partial charge in [-0.15, -0.1) is 74.6 Å². The van der Waals surface area contributed by atoms with Crippen molar-refractivity contribution in [1.29, 1.82) is 0 Å². The number of benzene rings is 6. The molecule has 0 aromatic heterocycles. The molecule has 282 valence electrons. The van der Waals surface area contributed by atoms with E-state index < -0.39 is 20.8 Å². The van der Waals surface area contributed by atoms with E-state index in [1.807, 2.05) is 6.07 Å². The molecular formula is C52H49Cl2SiZr-3. The van der Waals surface area contributed by atoms with E-state index in [2.05, 4.69) is 179 Å². The van der Waals surface area contributed by atoms with Crippen LogP contribution in [0.1, 0.15) is 61.8 Å². The van der Waals surface area contributed by atoms with Crippen molar-refractivity contribution in [2.24, 2.45) is 0 Å². The Hall–Kier alpha value is -3.78. The number of unbranched alkanes of at least 4 members (excludes halogenated alkanes) is 2. The van der Waals surface area contributed by atoms with Gasteiger partial charge in [-0.05, 0) is 37.8 Å². The molecule has 4 heteroatoms. The summed E-state index contributed by atoms with van der Waals surface area (Å²) in [6.45, 7) is 8.92. The third kappa shape index (κ3) is 10.4. The fraction of sp³-hybridized carbons (Fsp3) is 0.192. The van der Waals surface area contributed by atoms with Gasteiger partial charge in [-0.1, -0.05) is 157 Å². The van der Waals surface area contributed by atoms with Gasteiger partial charge >= 0.3 is 37.9 Å². The van der Waals surface area contributed by atoms with E-state index in [0.29, 0.717) is 0 Å². The maximum Gasteiger partial charge on any atom is 0.0920 e. The van der Waals surface area contributed by atoms with Gasteiger partial charge in [0.25, 0.3) is 0 Å². The van der Waals surface area contributed by atoms with Crippen LogP contribution in [0, 0.1) is 19.9 Å². The van der Waals surface area contributed by atoms with E-state index in [-0.39, 0.29) is 0 Å². The zero-order valence-corrected chi connectivity index (χ0v) is 37.9. The normalized spacial score (nSPS) is 11.0. The van der Waals surface area contributed by atoms with Gasteiger partial charge in [0.05, 0.1) is 9.52 Å². The first kappa shape index (κ1) is 41.8. The molecule has 0 bridgehead atoms. The SMILES string of the molecule is CCCCc1cc2c(-c3ccccc3)c(C)ccc2[cH-]1.CCCCc1cc2c(-c3ccccc3)c(C)ccc2[cH-]1.[Cl][Zr][Cl].[c-]1cccc2c1[Si]c1ccccc1-2. The van der Waals surface area contributed by atoms with Crippen LogP contribution in [0.4, 0.5) is 0 Å². The van der Waals surface area contributed by atoms with Crippen LogP contribution in [0.2, 0.25) is 0 Å². The van der Waals surface area contributed by atoms with E-state index in [0.717, 1.165) is 9.52 Å². The first-order chi connectivity index (χ1) is 27.4. The van der Waals surface area contributed by atoms with Crippen molar-refractivity contribution in [3.63, 3.8) is 0 Å². The van der Waals surface area contributed by atoms with Gasteiger partial charge < -0.3 is 0 Å². The Morgan fingerprint density at radius 3 is 1.54 bits per heavy atom. The Labute approximate surface area is 356 Å². The quantitative estimate of drug-likeness (QED) is 0.105. The second kappa shape index (κ2) is 21.1. The molecule has 0 unspecified atom stereocenters. The fourth-order valence-corrected chi connectivity index (χ4v) is 8.97. The van der Waals surface area contributed by atoms with Crippen LogP contribution >= 0.6 is 17.0 Å². The van der Waals surface area contributed by atoms with Crippen LogP contribution in [0.15, 0.2) is 152 Å². The second-order valence-electron chi connectivity index (χ2n) is 14.4. The Morgan fingerprint density at radius 1 is 0.571 bits per heavy atom. The third-order valence-electron chi connectivity index (χ3n) is 10.4. The van der Waals surface area contributed by atoms with Crippen LogP contribution in [0.25, 0.3) is 54.9 Å². The molecule has 0 N–H and O–H groups in total. The number of rotatable bonds is 8. The Balaban J connectivity index is 0.000000140. The summed E-state index contributed by atoms with van der Waals surface area (Å²) in [6, 6.07) is 58.1. The molecule has 8 aromatic rings. The van der Waals surface area contributed by atoms with Crippen molar-refractivity contribution >= 4 is 58.5 Å². The minimum Gasteiger partial charge on any atom is -0.184 e. The maximum atomic E-state index is 4.93. The number of hydrogen-bond donors (Lipinski definition) is 0. The minimum absolute atomic E-state index is 0.795. The van der Waals surface area contributed by atoms with Crippen molar-refractivity contribution in [2.75, 3.05) is 0 Å². The molecule has 0 aliphatic carbocycles. The largest absolute Gasteiger partial charge is 0.184 e. The van der Waals surface area contributed by atoms with Crippen molar-refractivity contribution in [3.05, 3.63) is 180 Å². The molecule has 1 heterocycles. The summed E-state index contributed by atoms with van der Waals surface area (Å²) in [5, 5.41) is 8.38. The maximum absolute atomic E-state index is 4.93. The number of halogens is 2. The summed E-state index contributed by atoms with van der Waals surface area (Å²) in [7, 11) is 10.7. The smallest absolute Gasteiger partial charge is 0.0920 e. The molecule has 1 aliphatic heterocycles. The predicted molar refractivity (Wildman–Crippen MR) is 244 cm³/mol. The van der Waals surface area contributed by atoms with Crippen LogP contribution < -0.4 is 10.4 Å². The summed E-state index contributed by atoms with van der Waals surface area (Å²) in [4.78, 5) is 0. The molecule has 0 amide bonds. The van der Waals surface area contributed by atoms with Crippen LogP contribution in [0.5, 0.6) is 0 Å². The second-order valence-corrected chi connectivity index (χ2v) is 19.4. The zero-order chi connectivity index (χ0) is 39.3. The minimum atomic E-state index is -0.826. The van der Waals surface area contributed by atoms with Gasteiger partial charge in [-0.25, -0.2) is 0 Å². The first-order valence-electron chi connectivity index (χ1n) is 19.8. The van der Waals surface area contributed by atoms with Gasteiger partial charge in [-0.2, -0.15) is 41.6 Å². The Bertz CT molecular complexity index is 2270. The molecule has 0 spiro atoms. The molecule has 0 nitrogen and oxygen atoms in total. The monoisotopic (exact) mass is 861 g/mol. The van der Waals surface area contributed by atoms with E-state index in [1.165, 1.54) is 126 Å². The van der Waals surface area contributed by atoms with Gasteiger partial charge in [-0.3, -0.25) is 0 Å². The van der Waals surface area contributed by atoms with Crippen molar-refractivity contribution in [3.8, 4) is 33.4 Å². The van der Waals surface area contributed by atoms with Crippen LogP contribution in [-0.2, 0) is 33.7 Å². The van der Waals surface area contributed by atoms with Gasteiger partial charge in [0.15, 0.2) is 0 Å². The summed E-state index contributed by atoms with van der Waals surface area (Å²) in [6.07, 6.45) is 7.45. The summed E-state index contributed by atoms with van der Waals surface area (Å²) in [5.74, 6) is 0. The average Bonchev–Trinajstić information content (AvgIpc) is 3.95. The van der Waals surface area contributed by atoms with Gasteiger partial charge in [0.2, 0.25) is 0 Å². The Kier molecular flexibility index (Phi) is 15.8. The predicted octanol–water partition coefficient (Wildman–Crippen LogP) is 14.3. The summed E-state index contributed by atoms with van der Waals surface area (Å²) < 4.78 is 0. The molecular weight excluding hydrogens is 815 g/mol. The van der Waals surface area contributed by atoms with Gasteiger partial charge in [0.1, 0.15) is 0 Å².